The number of carbonyl (C=O) groups excluding carboxylic acids is 1. The van der Waals surface area contributed by atoms with Gasteiger partial charge in [0.25, 0.3) is 10.0 Å². The molecule has 0 radical (unpaired) electrons. The number of amides is 1. The monoisotopic (exact) mass is 349 g/mol. The van der Waals surface area contributed by atoms with E-state index in [0.29, 0.717) is 12.8 Å². The molecule has 1 fully saturated rings. The molecule has 1 aromatic carbocycles. The van der Waals surface area contributed by atoms with Gasteiger partial charge in [0.1, 0.15) is 0 Å². The van der Waals surface area contributed by atoms with Gasteiger partial charge in [0.05, 0.1) is 10.8 Å². The molecule has 0 bridgehead atoms. The zero-order chi connectivity index (χ0) is 17.4. The number of hydrogen-bond acceptors (Lipinski definition) is 3. The van der Waals surface area contributed by atoms with Crippen molar-refractivity contribution in [1.29, 1.82) is 0 Å². The minimum atomic E-state index is -4.77. The summed E-state index contributed by atoms with van der Waals surface area (Å²) in [5.74, 6) is -2.28. The van der Waals surface area contributed by atoms with Gasteiger partial charge in [-0.25, -0.2) is 12.7 Å². The number of sulfonamides is 1. The number of alkyl halides is 3. The highest BCUT2D eigenvalue weighted by Gasteiger charge is 2.64. The van der Waals surface area contributed by atoms with E-state index in [0.717, 1.165) is 5.56 Å². The van der Waals surface area contributed by atoms with Crippen molar-refractivity contribution in [1.82, 2.24) is 4.31 Å². The Bertz CT molecular complexity index is 683. The number of carbonyl (C=O) groups is 1. The number of β-lactam (4-membered cyclic amide) rings is 1. The molecule has 2 atom stereocenters. The number of hydrogen-bond donors (Lipinski definition) is 0. The Balaban J connectivity index is 2.36. The molecule has 1 aromatic rings. The third kappa shape index (κ3) is 3.22. The van der Waals surface area contributed by atoms with Gasteiger partial charge in [-0.2, -0.15) is 13.2 Å². The highest BCUT2D eigenvalue weighted by atomic mass is 32.2. The number of unbranched alkanes of at least 4 members (excludes halogenated alkanes) is 1. The van der Waals surface area contributed by atoms with E-state index in [1.54, 1.807) is 13.8 Å². The van der Waals surface area contributed by atoms with Gasteiger partial charge >= 0.3 is 6.18 Å². The molecule has 0 spiro atoms. The van der Waals surface area contributed by atoms with Gasteiger partial charge in [-0.05, 0) is 25.5 Å². The highest BCUT2D eigenvalue weighted by Crippen LogP contribution is 2.44. The lowest BCUT2D eigenvalue weighted by Crippen LogP contribution is -2.68. The zero-order valence-electron chi connectivity index (χ0n) is 12.8. The van der Waals surface area contributed by atoms with Crippen molar-refractivity contribution < 1.29 is 26.4 Å². The van der Waals surface area contributed by atoms with E-state index in [-0.39, 0.29) is 15.6 Å². The molecule has 4 nitrogen and oxygen atoms in total. The molecule has 1 saturated heterocycles. The third-order valence-corrected chi connectivity index (χ3v) is 5.74. The van der Waals surface area contributed by atoms with E-state index < -0.39 is 34.1 Å². The molecule has 0 N–H and O–H groups in total. The molecule has 0 unspecified atom stereocenters. The molecule has 1 aliphatic heterocycles. The Kier molecular flexibility index (Phi) is 4.75. The lowest BCUT2D eigenvalue weighted by Gasteiger charge is -2.46. The minimum Gasteiger partial charge on any atom is -0.273 e. The number of rotatable bonds is 5. The van der Waals surface area contributed by atoms with Gasteiger partial charge in [-0.3, -0.25) is 4.79 Å². The third-order valence-electron chi connectivity index (χ3n) is 3.95. The SMILES string of the molecule is CCCC[C@H]1C(=O)N(S(=O)(=O)c2ccc(C)cc2)[C@@H]1C(F)(F)F. The van der Waals surface area contributed by atoms with Crippen LogP contribution in [0.1, 0.15) is 31.7 Å². The highest BCUT2D eigenvalue weighted by molar-refractivity contribution is 7.89. The number of nitrogens with zero attached hydrogens (tertiary/aromatic N) is 1. The van der Waals surface area contributed by atoms with Crippen molar-refractivity contribution in [2.24, 2.45) is 5.92 Å². The van der Waals surface area contributed by atoms with Crippen LogP contribution in [-0.2, 0) is 14.8 Å². The van der Waals surface area contributed by atoms with E-state index >= 15 is 0 Å². The number of aryl methyl sites for hydroxylation is 1. The molecule has 0 saturated carbocycles. The summed E-state index contributed by atoms with van der Waals surface area (Å²) < 4.78 is 64.6. The summed E-state index contributed by atoms with van der Waals surface area (Å²) in [6.45, 7) is 3.52. The fraction of sp³-hybridized carbons (Fsp3) is 0.533. The molecule has 0 aliphatic carbocycles. The molecule has 1 amide bonds. The molecule has 128 valence electrons. The Hall–Kier alpha value is -1.57. The van der Waals surface area contributed by atoms with E-state index in [9.17, 15) is 26.4 Å². The van der Waals surface area contributed by atoms with Crippen LogP contribution in [0, 0.1) is 12.8 Å². The van der Waals surface area contributed by atoms with Crippen molar-refractivity contribution in [2.75, 3.05) is 0 Å². The van der Waals surface area contributed by atoms with E-state index in [2.05, 4.69) is 0 Å². The summed E-state index contributed by atoms with van der Waals surface area (Å²) in [5.41, 5.74) is 0.770. The largest absolute Gasteiger partial charge is 0.410 e. The lowest BCUT2D eigenvalue weighted by molar-refractivity contribution is -0.215. The van der Waals surface area contributed by atoms with Crippen LogP contribution < -0.4 is 0 Å². The quantitative estimate of drug-likeness (QED) is 0.767. The Morgan fingerprint density at radius 1 is 1.17 bits per heavy atom. The predicted molar refractivity (Wildman–Crippen MR) is 78.1 cm³/mol. The molecule has 0 aromatic heterocycles. The lowest BCUT2D eigenvalue weighted by atomic mass is 9.85. The first-order chi connectivity index (χ1) is 10.6. The van der Waals surface area contributed by atoms with Crippen molar-refractivity contribution in [3.8, 4) is 0 Å². The van der Waals surface area contributed by atoms with E-state index in [4.69, 9.17) is 0 Å². The second kappa shape index (κ2) is 6.14. The van der Waals surface area contributed by atoms with Gasteiger partial charge in [-0.15, -0.1) is 0 Å². The van der Waals surface area contributed by atoms with Crippen molar-refractivity contribution in [3.05, 3.63) is 29.8 Å². The minimum absolute atomic E-state index is 0.00199. The molecule has 1 aliphatic rings. The number of halogens is 3. The van der Waals surface area contributed by atoms with Crippen LogP contribution in [0.5, 0.6) is 0 Å². The molecule has 2 rings (SSSR count). The molecular weight excluding hydrogens is 331 g/mol. The maximum atomic E-state index is 13.3. The van der Waals surface area contributed by atoms with Crippen LogP contribution in [0.4, 0.5) is 13.2 Å². The summed E-state index contributed by atoms with van der Waals surface area (Å²) in [5, 5.41) is 0. The first kappa shape index (κ1) is 17.8. The summed E-state index contributed by atoms with van der Waals surface area (Å²) in [6.07, 6.45) is -3.65. The Labute approximate surface area is 133 Å². The summed E-state index contributed by atoms with van der Waals surface area (Å²) in [7, 11) is -4.49. The molecule has 8 heteroatoms. The fourth-order valence-corrected chi connectivity index (χ4v) is 4.32. The van der Waals surface area contributed by atoms with Gasteiger partial charge in [0.15, 0.2) is 6.04 Å². The average molecular weight is 349 g/mol. The molecular formula is C15H18F3NO3S. The van der Waals surface area contributed by atoms with Crippen LogP contribution in [0.3, 0.4) is 0 Å². The molecule has 23 heavy (non-hydrogen) atoms. The van der Waals surface area contributed by atoms with Gasteiger partial charge in [0, 0.05) is 0 Å². The van der Waals surface area contributed by atoms with E-state index in [1.165, 1.54) is 24.3 Å². The van der Waals surface area contributed by atoms with Crippen molar-refractivity contribution in [3.63, 3.8) is 0 Å². The summed E-state index contributed by atoms with van der Waals surface area (Å²) in [6, 6.07) is 3.12. The second-order valence-electron chi connectivity index (χ2n) is 5.69. The van der Waals surface area contributed by atoms with Crippen LogP contribution >= 0.6 is 0 Å². The van der Waals surface area contributed by atoms with Gasteiger partial charge in [0.2, 0.25) is 5.91 Å². The Morgan fingerprint density at radius 3 is 2.22 bits per heavy atom. The normalized spacial score (nSPS) is 22.1. The first-order valence-corrected chi connectivity index (χ1v) is 8.76. The van der Waals surface area contributed by atoms with Crippen LogP contribution in [0.2, 0.25) is 0 Å². The van der Waals surface area contributed by atoms with Gasteiger partial charge < -0.3 is 0 Å². The average Bonchev–Trinajstić information content (AvgIpc) is 2.44. The smallest absolute Gasteiger partial charge is 0.273 e. The van der Waals surface area contributed by atoms with Crippen LogP contribution in [-0.4, -0.2) is 30.8 Å². The summed E-state index contributed by atoms with van der Waals surface area (Å²) in [4.78, 5) is 11.8. The van der Waals surface area contributed by atoms with Crippen molar-refractivity contribution in [2.45, 2.75) is 50.2 Å². The van der Waals surface area contributed by atoms with Crippen LogP contribution in [0.25, 0.3) is 0 Å². The predicted octanol–water partition coefficient (Wildman–Crippen LogP) is 3.26. The molecule has 1 heterocycles. The summed E-state index contributed by atoms with van der Waals surface area (Å²) >= 11 is 0. The number of benzene rings is 1. The van der Waals surface area contributed by atoms with E-state index in [1.807, 2.05) is 0 Å². The topological polar surface area (TPSA) is 54.5 Å². The zero-order valence-corrected chi connectivity index (χ0v) is 13.6. The second-order valence-corrected chi connectivity index (χ2v) is 7.50. The first-order valence-electron chi connectivity index (χ1n) is 7.32. The van der Waals surface area contributed by atoms with Crippen molar-refractivity contribution >= 4 is 15.9 Å². The Morgan fingerprint density at radius 2 is 1.74 bits per heavy atom. The maximum Gasteiger partial charge on any atom is 0.410 e. The fourth-order valence-electron chi connectivity index (χ4n) is 2.68. The van der Waals surface area contributed by atoms with Crippen LogP contribution in [0.15, 0.2) is 29.2 Å². The van der Waals surface area contributed by atoms with Gasteiger partial charge in [-0.1, -0.05) is 37.5 Å². The maximum absolute atomic E-state index is 13.3. The standard InChI is InChI=1S/C15H18F3NO3S/c1-3-4-5-12-13(15(16,17)18)19(14(12)20)23(21,22)11-8-6-10(2)7-9-11/h6-9,12-13H,3-5H2,1-2H3/t12-,13+/m1/s1.